The van der Waals surface area contributed by atoms with Crippen molar-refractivity contribution in [2.45, 2.75) is 6.92 Å². The summed E-state index contributed by atoms with van der Waals surface area (Å²) >= 11 is 0. The zero-order chi connectivity index (χ0) is 19.5. The normalized spacial score (nSPS) is 10.4. The van der Waals surface area contributed by atoms with Crippen molar-refractivity contribution in [1.82, 2.24) is 14.6 Å². The number of hydrogen-bond donors (Lipinski definition) is 2. The van der Waals surface area contributed by atoms with Gasteiger partial charge < -0.3 is 10.6 Å². The molecule has 2 heterocycles. The third-order valence-electron chi connectivity index (χ3n) is 4.11. The number of nitrogens with one attached hydrogen (secondary N) is 2. The van der Waals surface area contributed by atoms with E-state index in [2.05, 4.69) is 26.8 Å². The van der Waals surface area contributed by atoms with Gasteiger partial charge in [-0.2, -0.15) is 10.2 Å². The minimum Gasteiger partial charge on any atom is -0.326 e. The Bertz CT molecular complexity index is 1200. The molecule has 0 aliphatic heterocycles. The molecule has 0 bridgehead atoms. The van der Waals surface area contributed by atoms with Crippen LogP contribution < -0.4 is 10.6 Å². The Hall–Kier alpha value is -4.18. The Morgan fingerprint density at radius 2 is 1.79 bits per heavy atom. The summed E-state index contributed by atoms with van der Waals surface area (Å²) < 4.78 is 1.74. The molecule has 0 aliphatic rings. The van der Waals surface area contributed by atoms with Crippen molar-refractivity contribution in [3.05, 3.63) is 72.3 Å². The van der Waals surface area contributed by atoms with Gasteiger partial charge in [0.05, 0.1) is 17.3 Å². The average molecular weight is 368 g/mol. The number of benzene rings is 2. The SMILES string of the molecule is CC(=O)Nc1ccc(Nc2nc3cccc(-c4cccc(C#N)c4)n3n2)cc1. The Morgan fingerprint density at radius 1 is 1.04 bits per heavy atom. The quantitative estimate of drug-likeness (QED) is 0.568. The molecule has 2 N–H and O–H groups in total. The maximum Gasteiger partial charge on any atom is 0.247 e. The number of rotatable bonds is 4. The summed E-state index contributed by atoms with van der Waals surface area (Å²) in [7, 11) is 0. The molecule has 136 valence electrons. The fraction of sp³-hybridized carbons (Fsp3) is 0.0476. The number of anilines is 3. The first-order valence-electron chi connectivity index (χ1n) is 8.63. The molecule has 0 aliphatic carbocycles. The number of nitriles is 1. The molecule has 2 aromatic heterocycles. The third-order valence-corrected chi connectivity index (χ3v) is 4.11. The van der Waals surface area contributed by atoms with E-state index in [1.54, 1.807) is 22.7 Å². The molecule has 4 aromatic rings. The summed E-state index contributed by atoms with van der Waals surface area (Å²) in [6.45, 7) is 1.47. The lowest BCUT2D eigenvalue weighted by Crippen LogP contribution is -2.05. The van der Waals surface area contributed by atoms with E-state index in [1.165, 1.54) is 6.92 Å². The first-order chi connectivity index (χ1) is 13.6. The molecule has 0 fully saturated rings. The van der Waals surface area contributed by atoms with Crippen molar-refractivity contribution in [3.63, 3.8) is 0 Å². The number of nitrogens with zero attached hydrogens (tertiary/aromatic N) is 4. The molecule has 0 saturated carbocycles. The molecule has 0 unspecified atom stereocenters. The van der Waals surface area contributed by atoms with Crippen LogP contribution in [-0.4, -0.2) is 20.5 Å². The number of pyridine rings is 1. The Balaban J connectivity index is 1.65. The second-order valence-electron chi connectivity index (χ2n) is 6.19. The highest BCUT2D eigenvalue weighted by atomic mass is 16.1. The third kappa shape index (κ3) is 3.52. The molecule has 0 spiro atoms. The van der Waals surface area contributed by atoms with E-state index in [9.17, 15) is 4.79 Å². The van der Waals surface area contributed by atoms with Gasteiger partial charge in [-0.15, -0.1) is 5.10 Å². The summed E-state index contributed by atoms with van der Waals surface area (Å²) in [5, 5.41) is 19.6. The van der Waals surface area contributed by atoms with Crippen molar-refractivity contribution >= 4 is 28.9 Å². The number of fused-ring (bicyclic) bond motifs is 1. The molecule has 1 amide bonds. The second-order valence-corrected chi connectivity index (χ2v) is 6.19. The standard InChI is InChI=1S/C21H16N6O/c1-14(28)23-17-8-10-18(11-9-17)24-21-25-20-7-3-6-19(27(20)26-21)16-5-2-4-15(12-16)13-22/h2-12H,1H3,(H,23,28)(H,24,26). The van der Waals surface area contributed by atoms with Crippen molar-refractivity contribution in [1.29, 1.82) is 5.26 Å². The number of carbonyl (C=O) groups is 1. The van der Waals surface area contributed by atoms with Gasteiger partial charge in [-0.25, -0.2) is 4.52 Å². The lowest BCUT2D eigenvalue weighted by atomic mass is 10.1. The van der Waals surface area contributed by atoms with Crippen molar-refractivity contribution in [2.24, 2.45) is 0 Å². The van der Waals surface area contributed by atoms with Gasteiger partial charge in [-0.05, 0) is 48.5 Å². The van der Waals surface area contributed by atoms with Gasteiger partial charge in [0.2, 0.25) is 11.9 Å². The number of carbonyl (C=O) groups excluding carboxylic acids is 1. The van der Waals surface area contributed by atoms with Crippen LogP contribution in [0.15, 0.2) is 66.7 Å². The zero-order valence-corrected chi connectivity index (χ0v) is 15.0. The van der Waals surface area contributed by atoms with Crippen LogP contribution in [0.2, 0.25) is 0 Å². The molecule has 4 rings (SSSR count). The van der Waals surface area contributed by atoms with Crippen LogP contribution in [0.4, 0.5) is 17.3 Å². The number of aromatic nitrogens is 3. The summed E-state index contributed by atoms with van der Waals surface area (Å²) in [4.78, 5) is 15.6. The fourth-order valence-electron chi connectivity index (χ4n) is 2.89. The monoisotopic (exact) mass is 368 g/mol. The predicted octanol–water partition coefficient (Wildman–Crippen LogP) is 3.97. The maximum absolute atomic E-state index is 11.1. The lowest BCUT2D eigenvalue weighted by Gasteiger charge is -2.05. The first kappa shape index (κ1) is 17.2. The highest BCUT2D eigenvalue weighted by molar-refractivity contribution is 5.88. The molecular formula is C21H16N6O. The smallest absolute Gasteiger partial charge is 0.247 e. The molecule has 0 radical (unpaired) electrons. The van der Waals surface area contributed by atoms with Gasteiger partial charge in [0, 0.05) is 23.9 Å². The minimum atomic E-state index is -0.115. The Morgan fingerprint density at radius 3 is 2.54 bits per heavy atom. The van der Waals surface area contributed by atoms with Crippen LogP contribution >= 0.6 is 0 Å². The fourth-order valence-corrected chi connectivity index (χ4v) is 2.89. The maximum atomic E-state index is 11.1. The van der Waals surface area contributed by atoms with Crippen LogP contribution in [0.1, 0.15) is 12.5 Å². The van der Waals surface area contributed by atoms with Crippen molar-refractivity contribution < 1.29 is 4.79 Å². The highest BCUT2D eigenvalue weighted by Crippen LogP contribution is 2.23. The van der Waals surface area contributed by atoms with E-state index < -0.39 is 0 Å². The Labute approximate surface area is 161 Å². The van der Waals surface area contributed by atoms with Crippen LogP contribution in [-0.2, 0) is 4.79 Å². The van der Waals surface area contributed by atoms with E-state index in [1.807, 2.05) is 48.5 Å². The number of amides is 1. The van der Waals surface area contributed by atoms with Gasteiger partial charge in [0.1, 0.15) is 0 Å². The summed E-state index contributed by atoms with van der Waals surface area (Å²) in [5.41, 5.74) is 4.54. The second kappa shape index (κ2) is 7.21. The molecule has 2 aromatic carbocycles. The largest absolute Gasteiger partial charge is 0.326 e. The van der Waals surface area contributed by atoms with Gasteiger partial charge >= 0.3 is 0 Å². The van der Waals surface area contributed by atoms with E-state index in [0.29, 0.717) is 17.2 Å². The van der Waals surface area contributed by atoms with E-state index in [-0.39, 0.29) is 5.91 Å². The van der Waals surface area contributed by atoms with E-state index in [0.717, 1.165) is 22.6 Å². The highest BCUT2D eigenvalue weighted by Gasteiger charge is 2.09. The van der Waals surface area contributed by atoms with Gasteiger partial charge in [-0.1, -0.05) is 18.2 Å². The number of hydrogen-bond acceptors (Lipinski definition) is 5. The Kier molecular flexibility index (Phi) is 4.44. The van der Waals surface area contributed by atoms with Crippen LogP contribution in [0.3, 0.4) is 0 Å². The summed E-state index contributed by atoms with van der Waals surface area (Å²) in [6, 6.07) is 22.5. The van der Waals surface area contributed by atoms with Gasteiger partial charge in [-0.3, -0.25) is 4.79 Å². The van der Waals surface area contributed by atoms with Crippen molar-refractivity contribution in [3.8, 4) is 17.3 Å². The molecule has 0 atom stereocenters. The molecule has 7 nitrogen and oxygen atoms in total. The molecule has 28 heavy (non-hydrogen) atoms. The van der Waals surface area contributed by atoms with E-state index >= 15 is 0 Å². The average Bonchev–Trinajstić information content (AvgIpc) is 3.11. The topological polar surface area (TPSA) is 95.1 Å². The summed E-state index contributed by atoms with van der Waals surface area (Å²) in [6.07, 6.45) is 0. The van der Waals surface area contributed by atoms with Gasteiger partial charge in [0.25, 0.3) is 0 Å². The lowest BCUT2D eigenvalue weighted by molar-refractivity contribution is -0.114. The van der Waals surface area contributed by atoms with Crippen LogP contribution in [0.25, 0.3) is 16.9 Å². The zero-order valence-electron chi connectivity index (χ0n) is 15.0. The summed E-state index contributed by atoms with van der Waals surface area (Å²) in [5.74, 6) is 0.340. The van der Waals surface area contributed by atoms with Gasteiger partial charge in [0.15, 0.2) is 5.65 Å². The van der Waals surface area contributed by atoms with E-state index in [4.69, 9.17) is 5.26 Å². The minimum absolute atomic E-state index is 0.115. The van der Waals surface area contributed by atoms with Crippen LogP contribution in [0, 0.1) is 11.3 Å². The predicted molar refractivity (Wildman–Crippen MR) is 107 cm³/mol. The first-order valence-corrected chi connectivity index (χ1v) is 8.63. The molecule has 0 saturated heterocycles. The molecule has 7 heteroatoms. The molecular weight excluding hydrogens is 352 g/mol. The van der Waals surface area contributed by atoms with Crippen LogP contribution in [0.5, 0.6) is 0 Å². The van der Waals surface area contributed by atoms with Crippen molar-refractivity contribution in [2.75, 3.05) is 10.6 Å².